The van der Waals surface area contributed by atoms with E-state index < -0.39 is 0 Å². The Morgan fingerprint density at radius 1 is 1.00 bits per heavy atom. The van der Waals surface area contributed by atoms with Gasteiger partial charge in [0.15, 0.2) is 0 Å². The van der Waals surface area contributed by atoms with Crippen molar-refractivity contribution >= 4 is 0 Å². The third kappa shape index (κ3) is 2.45. The zero-order valence-electron chi connectivity index (χ0n) is 8.77. The van der Waals surface area contributed by atoms with Gasteiger partial charge in [-0.3, -0.25) is 0 Å². The number of epoxide rings is 2. The summed E-state index contributed by atoms with van der Waals surface area (Å²) in [4.78, 5) is 0. The number of hydrogen-bond acceptors (Lipinski definition) is 4. The van der Waals surface area contributed by atoms with Gasteiger partial charge < -0.3 is 18.9 Å². The van der Waals surface area contributed by atoms with Gasteiger partial charge in [0.2, 0.25) is 0 Å². The molecule has 0 aromatic rings. The predicted octanol–water partition coefficient (Wildman–Crippen LogP) is 0.594. The molecule has 82 valence electrons. The fraction of sp³-hybridized carbons (Fsp3) is 1.00. The van der Waals surface area contributed by atoms with E-state index in [1.807, 2.05) is 13.8 Å². The molecule has 0 spiro atoms. The van der Waals surface area contributed by atoms with Crippen LogP contribution in [0.1, 0.15) is 13.8 Å². The van der Waals surface area contributed by atoms with Crippen molar-refractivity contribution in [2.24, 2.45) is 0 Å². The molecule has 0 amide bonds. The van der Waals surface area contributed by atoms with Gasteiger partial charge in [-0.2, -0.15) is 0 Å². The van der Waals surface area contributed by atoms with Gasteiger partial charge in [-0.15, -0.1) is 0 Å². The Morgan fingerprint density at radius 2 is 1.36 bits per heavy atom. The number of hydrogen-bond donors (Lipinski definition) is 0. The molecule has 0 aromatic heterocycles. The van der Waals surface area contributed by atoms with E-state index in [1.165, 1.54) is 0 Å². The zero-order chi connectivity index (χ0) is 9.97. The third-order valence-electron chi connectivity index (χ3n) is 2.49. The second-order valence-corrected chi connectivity index (χ2v) is 3.58. The Balaban J connectivity index is 1.90. The molecule has 0 saturated carbocycles. The molecule has 2 heterocycles. The molecule has 2 fully saturated rings. The van der Waals surface area contributed by atoms with Gasteiger partial charge in [-0.1, -0.05) is 0 Å². The molecule has 2 saturated heterocycles. The smallest absolute Gasteiger partial charge is 0.115 e. The number of rotatable bonds is 7. The molecule has 4 nitrogen and oxygen atoms in total. The van der Waals surface area contributed by atoms with Crippen LogP contribution in [-0.2, 0) is 18.9 Å². The fourth-order valence-corrected chi connectivity index (χ4v) is 1.70. The van der Waals surface area contributed by atoms with Crippen molar-refractivity contribution in [1.82, 2.24) is 0 Å². The molecule has 0 bridgehead atoms. The lowest BCUT2D eigenvalue weighted by atomic mass is 10.1. The summed E-state index contributed by atoms with van der Waals surface area (Å²) in [6, 6.07) is 0. The van der Waals surface area contributed by atoms with Crippen LogP contribution < -0.4 is 0 Å². The molecule has 2 rings (SSSR count). The van der Waals surface area contributed by atoms with Crippen molar-refractivity contribution < 1.29 is 18.9 Å². The van der Waals surface area contributed by atoms with Crippen LogP contribution in [0.25, 0.3) is 0 Å². The minimum absolute atomic E-state index is 0.0486. The van der Waals surface area contributed by atoms with Crippen LogP contribution in [-0.4, -0.2) is 50.8 Å². The summed E-state index contributed by atoms with van der Waals surface area (Å²) in [7, 11) is 0. The molecule has 0 N–H and O–H groups in total. The van der Waals surface area contributed by atoms with Gasteiger partial charge >= 0.3 is 0 Å². The summed E-state index contributed by atoms with van der Waals surface area (Å²) < 4.78 is 21.8. The van der Waals surface area contributed by atoms with Gasteiger partial charge in [0.25, 0.3) is 0 Å². The van der Waals surface area contributed by atoms with Crippen LogP contribution in [0.4, 0.5) is 0 Å². The molecule has 4 heteroatoms. The molecule has 2 aliphatic heterocycles. The maximum absolute atomic E-state index is 5.65. The first-order valence-electron chi connectivity index (χ1n) is 5.33. The highest BCUT2D eigenvalue weighted by Gasteiger charge is 2.47. The van der Waals surface area contributed by atoms with Crippen molar-refractivity contribution in [3.8, 4) is 0 Å². The average Bonchev–Trinajstić information content (AvgIpc) is 3.05. The van der Waals surface area contributed by atoms with Crippen LogP contribution >= 0.6 is 0 Å². The van der Waals surface area contributed by atoms with Crippen LogP contribution in [0.2, 0.25) is 0 Å². The monoisotopic (exact) mass is 202 g/mol. The largest absolute Gasteiger partial charge is 0.373 e. The maximum Gasteiger partial charge on any atom is 0.115 e. The molecular formula is C10H18O4. The van der Waals surface area contributed by atoms with E-state index in [0.29, 0.717) is 13.2 Å². The second kappa shape index (κ2) is 4.57. The Morgan fingerprint density at radius 3 is 1.57 bits per heavy atom. The Kier molecular flexibility index (Phi) is 3.38. The topological polar surface area (TPSA) is 43.5 Å². The predicted molar refractivity (Wildman–Crippen MR) is 50.3 cm³/mol. The van der Waals surface area contributed by atoms with Crippen molar-refractivity contribution in [3.63, 3.8) is 0 Å². The second-order valence-electron chi connectivity index (χ2n) is 3.58. The Labute approximate surface area is 84.5 Å². The van der Waals surface area contributed by atoms with Gasteiger partial charge in [-0.25, -0.2) is 0 Å². The molecular weight excluding hydrogens is 184 g/mol. The molecule has 4 atom stereocenters. The van der Waals surface area contributed by atoms with E-state index in [4.69, 9.17) is 18.9 Å². The van der Waals surface area contributed by atoms with Gasteiger partial charge in [-0.05, 0) is 13.8 Å². The van der Waals surface area contributed by atoms with Crippen LogP contribution in [0.5, 0.6) is 0 Å². The highest BCUT2D eigenvalue weighted by molar-refractivity contribution is 4.94. The minimum Gasteiger partial charge on any atom is -0.373 e. The summed E-state index contributed by atoms with van der Waals surface area (Å²) in [5.41, 5.74) is 0. The summed E-state index contributed by atoms with van der Waals surface area (Å²) in [5.74, 6) is 0. The van der Waals surface area contributed by atoms with E-state index in [2.05, 4.69) is 0 Å². The minimum atomic E-state index is 0.0486. The lowest BCUT2D eigenvalue weighted by Crippen LogP contribution is -2.40. The van der Waals surface area contributed by atoms with Gasteiger partial charge in [0.1, 0.15) is 24.4 Å². The molecule has 14 heavy (non-hydrogen) atoms. The van der Waals surface area contributed by atoms with Crippen LogP contribution in [0, 0.1) is 0 Å². The van der Waals surface area contributed by atoms with E-state index in [1.54, 1.807) is 0 Å². The van der Waals surface area contributed by atoms with Crippen LogP contribution in [0.15, 0.2) is 0 Å². The molecule has 0 aliphatic carbocycles. The summed E-state index contributed by atoms with van der Waals surface area (Å²) in [6.07, 6.45) is 0.534. The van der Waals surface area contributed by atoms with E-state index in [9.17, 15) is 0 Å². The molecule has 0 aromatic carbocycles. The van der Waals surface area contributed by atoms with Gasteiger partial charge in [0, 0.05) is 13.2 Å². The first-order chi connectivity index (χ1) is 6.86. The van der Waals surface area contributed by atoms with Crippen molar-refractivity contribution in [2.75, 3.05) is 26.4 Å². The number of ether oxygens (including phenoxy) is 4. The average molecular weight is 202 g/mol. The fourth-order valence-electron chi connectivity index (χ4n) is 1.70. The molecule has 0 radical (unpaired) electrons. The zero-order valence-corrected chi connectivity index (χ0v) is 8.77. The van der Waals surface area contributed by atoms with E-state index >= 15 is 0 Å². The third-order valence-corrected chi connectivity index (χ3v) is 2.49. The highest BCUT2D eigenvalue weighted by Crippen LogP contribution is 2.28. The first-order valence-corrected chi connectivity index (χ1v) is 5.33. The lowest BCUT2D eigenvalue weighted by molar-refractivity contribution is -0.0866. The van der Waals surface area contributed by atoms with Crippen molar-refractivity contribution in [2.45, 2.75) is 38.3 Å². The van der Waals surface area contributed by atoms with E-state index in [-0.39, 0.29) is 24.4 Å². The SMILES string of the molecule is CCO[C@H]([C@H](OCC)[C@@H]1CO1)[C@H]1CO1. The van der Waals surface area contributed by atoms with E-state index in [0.717, 1.165) is 13.2 Å². The maximum atomic E-state index is 5.65. The first kappa shape index (κ1) is 10.4. The standard InChI is InChI=1S/C10H18O4/c1-3-11-9(7-5-13-7)10(12-4-2)8-6-14-8/h7-10H,3-6H2,1-2H3/t7-,8+,9+,10-. The highest BCUT2D eigenvalue weighted by atomic mass is 16.6. The van der Waals surface area contributed by atoms with Crippen LogP contribution in [0.3, 0.4) is 0 Å². The van der Waals surface area contributed by atoms with Crippen molar-refractivity contribution in [3.05, 3.63) is 0 Å². The summed E-state index contributed by atoms with van der Waals surface area (Å²) in [5, 5.41) is 0. The molecule has 2 aliphatic rings. The Bertz CT molecular complexity index is 157. The summed E-state index contributed by atoms with van der Waals surface area (Å²) >= 11 is 0. The van der Waals surface area contributed by atoms with Gasteiger partial charge in [0.05, 0.1) is 13.2 Å². The lowest BCUT2D eigenvalue weighted by Gasteiger charge is -2.24. The normalized spacial score (nSPS) is 33.9. The van der Waals surface area contributed by atoms with Crippen molar-refractivity contribution in [1.29, 1.82) is 0 Å². The summed E-state index contributed by atoms with van der Waals surface area (Å²) in [6.45, 7) is 6.96. The Hall–Kier alpha value is -0.160. The molecule has 0 unspecified atom stereocenters. The quantitative estimate of drug-likeness (QED) is 0.567.